The monoisotopic (exact) mass is 452 g/mol. The van der Waals surface area contributed by atoms with Gasteiger partial charge < -0.3 is 4.52 Å². The first-order valence-corrected chi connectivity index (χ1v) is 11.7. The average Bonchev–Trinajstić information content (AvgIpc) is 3.23. The standard InChI is InChI=1S/C18H17ClN4O4S2/c1-10-15(16(22-27-10)11-5-3-4-6-12(11)19)17(24)21-18-20-13-7-8-23(29(2,25)26)9-14(13)28-18/h3-6H,7-9H2,1-2H3,(H,20,21,24). The number of halogens is 1. The molecule has 11 heteroatoms. The predicted molar refractivity (Wildman–Crippen MR) is 111 cm³/mol. The lowest BCUT2D eigenvalue weighted by Crippen LogP contribution is -2.34. The minimum Gasteiger partial charge on any atom is -0.360 e. The van der Waals surface area contributed by atoms with Crippen LogP contribution in [0.25, 0.3) is 11.3 Å². The van der Waals surface area contributed by atoms with Crippen molar-refractivity contribution in [1.29, 1.82) is 0 Å². The molecule has 0 saturated carbocycles. The number of anilines is 1. The summed E-state index contributed by atoms with van der Waals surface area (Å²) in [6.07, 6.45) is 1.69. The third-order valence-corrected chi connectivity index (χ3v) is 7.18. The highest BCUT2D eigenvalue weighted by atomic mass is 35.5. The minimum atomic E-state index is -3.27. The lowest BCUT2D eigenvalue weighted by atomic mass is 10.1. The molecular formula is C18H17ClN4O4S2. The third kappa shape index (κ3) is 3.93. The SMILES string of the molecule is Cc1onc(-c2ccccc2Cl)c1C(=O)Nc1nc2c(s1)CN(S(C)(=O)=O)CC2. The third-order valence-electron chi connectivity index (χ3n) is 4.60. The zero-order valence-corrected chi connectivity index (χ0v) is 18.0. The van der Waals surface area contributed by atoms with Crippen molar-refractivity contribution in [3.63, 3.8) is 0 Å². The molecule has 1 aromatic carbocycles. The predicted octanol–water partition coefficient (Wildman–Crippen LogP) is 3.33. The van der Waals surface area contributed by atoms with Crippen LogP contribution in [0.3, 0.4) is 0 Å². The number of rotatable bonds is 4. The summed E-state index contributed by atoms with van der Waals surface area (Å²) in [5.74, 6) is -0.0493. The van der Waals surface area contributed by atoms with Crippen LogP contribution < -0.4 is 5.32 Å². The van der Waals surface area contributed by atoms with E-state index in [0.29, 0.717) is 40.1 Å². The zero-order valence-electron chi connectivity index (χ0n) is 15.6. The van der Waals surface area contributed by atoms with Crippen LogP contribution in [-0.4, -0.2) is 41.6 Å². The van der Waals surface area contributed by atoms with Crippen molar-refractivity contribution in [3.8, 4) is 11.3 Å². The molecule has 2 aromatic heterocycles. The number of fused-ring (bicyclic) bond motifs is 1. The van der Waals surface area contributed by atoms with Crippen LogP contribution in [0.1, 0.15) is 26.7 Å². The smallest absolute Gasteiger partial charge is 0.263 e. The molecule has 29 heavy (non-hydrogen) atoms. The summed E-state index contributed by atoms with van der Waals surface area (Å²) >= 11 is 7.51. The second-order valence-electron chi connectivity index (χ2n) is 6.63. The maximum Gasteiger partial charge on any atom is 0.263 e. The van der Waals surface area contributed by atoms with E-state index in [9.17, 15) is 13.2 Å². The molecule has 3 aromatic rings. The Balaban J connectivity index is 1.60. The number of carbonyl (C=O) groups is 1. The van der Waals surface area contributed by atoms with Gasteiger partial charge >= 0.3 is 0 Å². The number of nitrogens with zero attached hydrogens (tertiary/aromatic N) is 3. The maximum absolute atomic E-state index is 12.9. The van der Waals surface area contributed by atoms with E-state index in [1.807, 2.05) is 0 Å². The molecule has 3 heterocycles. The van der Waals surface area contributed by atoms with Crippen LogP contribution in [-0.2, 0) is 23.0 Å². The van der Waals surface area contributed by atoms with Crippen molar-refractivity contribution < 1.29 is 17.7 Å². The number of hydrogen-bond donors (Lipinski definition) is 1. The van der Waals surface area contributed by atoms with E-state index in [2.05, 4.69) is 15.5 Å². The van der Waals surface area contributed by atoms with E-state index in [-0.39, 0.29) is 12.1 Å². The van der Waals surface area contributed by atoms with Gasteiger partial charge in [0.1, 0.15) is 17.0 Å². The van der Waals surface area contributed by atoms with Crippen LogP contribution in [0.15, 0.2) is 28.8 Å². The summed E-state index contributed by atoms with van der Waals surface area (Å²) in [5, 5.41) is 7.65. The van der Waals surface area contributed by atoms with Crippen molar-refractivity contribution in [2.24, 2.45) is 0 Å². The molecule has 8 nitrogen and oxygen atoms in total. The van der Waals surface area contributed by atoms with Crippen molar-refractivity contribution >= 4 is 44.0 Å². The first-order valence-electron chi connectivity index (χ1n) is 8.70. The molecule has 152 valence electrons. The molecule has 4 rings (SSSR count). The fourth-order valence-corrected chi connectivity index (χ4v) is 5.26. The molecule has 0 unspecified atom stereocenters. The summed E-state index contributed by atoms with van der Waals surface area (Å²) in [6, 6.07) is 7.07. The van der Waals surface area contributed by atoms with Gasteiger partial charge in [-0.05, 0) is 13.0 Å². The largest absolute Gasteiger partial charge is 0.360 e. The van der Waals surface area contributed by atoms with Crippen LogP contribution in [0.5, 0.6) is 0 Å². The van der Waals surface area contributed by atoms with Crippen LogP contribution >= 0.6 is 22.9 Å². The molecule has 1 N–H and O–H groups in total. The quantitative estimate of drug-likeness (QED) is 0.650. The van der Waals surface area contributed by atoms with Gasteiger partial charge in [-0.15, -0.1) is 11.3 Å². The molecular weight excluding hydrogens is 436 g/mol. The average molecular weight is 453 g/mol. The number of amides is 1. The Kier molecular flexibility index (Phi) is 5.19. The molecule has 0 fully saturated rings. The number of benzene rings is 1. The van der Waals surface area contributed by atoms with E-state index in [1.54, 1.807) is 31.2 Å². The zero-order chi connectivity index (χ0) is 20.8. The van der Waals surface area contributed by atoms with E-state index in [0.717, 1.165) is 10.6 Å². The molecule has 0 saturated heterocycles. The van der Waals surface area contributed by atoms with E-state index in [1.165, 1.54) is 21.9 Å². The van der Waals surface area contributed by atoms with E-state index >= 15 is 0 Å². The van der Waals surface area contributed by atoms with Crippen molar-refractivity contribution in [3.05, 3.63) is 51.2 Å². The first kappa shape index (κ1) is 20.0. The second kappa shape index (κ2) is 7.52. The van der Waals surface area contributed by atoms with Crippen molar-refractivity contribution in [2.75, 3.05) is 18.1 Å². The molecule has 1 amide bonds. The molecule has 0 radical (unpaired) electrons. The topological polar surface area (TPSA) is 105 Å². The van der Waals surface area contributed by atoms with Gasteiger partial charge in [0.15, 0.2) is 5.13 Å². The van der Waals surface area contributed by atoms with Gasteiger partial charge in [0.25, 0.3) is 5.91 Å². The van der Waals surface area contributed by atoms with Crippen molar-refractivity contribution in [1.82, 2.24) is 14.4 Å². The Labute approximate surface area is 176 Å². The number of carbonyl (C=O) groups excluding carboxylic acids is 1. The Morgan fingerprint density at radius 2 is 2.10 bits per heavy atom. The molecule has 0 aliphatic carbocycles. The molecule has 1 aliphatic heterocycles. The Morgan fingerprint density at radius 1 is 1.34 bits per heavy atom. The molecule has 1 aliphatic rings. The van der Waals surface area contributed by atoms with Crippen molar-refractivity contribution in [2.45, 2.75) is 19.9 Å². The van der Waals surface area contributed by atoms with Crippen LogP contribution in [0, 0.1) is 6.92 Å². The van der Waals surface area contributed by atoms with Crippen LogP contribution in [0.2, 0.25) is 5.02 Å². The van der Waals surface area contributed by atoms with Gasteiger partial charge in [0.05, 0.1) is 17.0 Å². The minimum absolute atomic E-state index is 0.263. The number of nitrogens with one attached hydrogen (secondary N) is 1. The number of hydrogen-bond acceptors (Lipinski definition) is 7. The van der Waals surface area contributed by atoms with Gasteiger partial charge in [-0.1, -0.05) is 35.0 Å². The number of aromatic nitrogens is 2. The Bertz CT molecular complexity index is 1200. The molecule has 0 atom stereocenters. The maximum atomic E-state index is 12.9. The summed E-state index contributed by atoms with van der Waals surface area (Å²) in [6.45, 7) is 2.29. The summed E-state index contributed by atoms with van der Waals surface area (Å²) in [4.78, 5) is 18.2. The lowest BCUT2D eigenvalue weighted by molar-refractivity contribution is 0.102. The second-order valence-corrected chi connectivity index (χ2v) is 10.1. The molecule has 0 spiro atoms. The van der Waals surface area contributed by atoms with E-state index in [4.69, 9.17) is 16.1 Å². The van der Waals surface area contributed by atoms with Gasteiger partial charge in [0, 0.05) is 30.0 Å². The highest BCUT2D eigenvalue weighted by molar-refractivity contribution is 7.88. The summed E-state index contributed by atoms with van der Waals surface area (Å²) < 4.78 is 30.2. The Morgan fingerprint density at radius 3 is 2.83 bits per heavy atom. The highest BCUT2D eigenvalue weighted by Crippen LogP contribution is 2.33. The first-order chi connectivity index (χ1) is 13.7. The lowest BCUT2D eigenvalue weighted by Gasteiger charge is -2.23. The van der Waals surface area contributed by atoms with Gasteiger partial charge in [-0.2, -0.15) is 4.31 Å². The summed E-state index contributed by atoms with van der Waals surface area (Å²) in [5.41, 5.74) is 2.04. The number of sulfonamides is 1. The van der Waals surface area contributed by atoms with Crippen LogP contribution in [0.4, 0.5) is 5.13 Å². The van der Waals surface area contributed by atoms with E-state index < -0.39 is 15.9 Å². The fraction of sp³-hybridized carbons (Fsp3) is 0.278. The highest BCUT2D eigenvalue weighted by Gasteiger charge is 2.28. The van der Waals surface area contributed by atoms with Gasteiger partial charge in [-0.25, -0.2) is 13.4 Å². The number of aryl methyl sites for hydroxylation is 1. The van der Waals surface area contributed by atoms with Gasteiger partial charge in [0.2, 0.25) is 10.0 Å². The summed E-state index contributed by atoms with van der Waals surface area (Å²) in [7, 11) is -3.27. The molecule has 0 bridgehead atoms. The van der Waals surface area contributed by atoms with Gasteiger partial charge in [-0.3, -0.25) is 10.1 Å². The number of thiazole rings is 1. The fourth-order valence-electron chi connectivity index (χ4n) is 3.14. The Hall–Kier alpha value is -2.27. The normalized spacial score (nSPS) is 14.6.